The quantitative estimate of drug-likeness (QED) is 0.780. The van der Waals surface area contributed by atoms with E-state index in [4.69, 9.17) is 0 Å². The lowest BCUT2D eigenvalue weighted by atomic mass is 9.86. The number of likely N-dealkylation sites (tertiary alicyclic amines) is 1. The monoisotopic (exact) mass is 231 g/mol. The molecule has 2 nitrogen and oxygen atoms in total. The van der Waals surface area contributed by atoms with E-state index in [9.17, 15) is 4.79 Å². The minimum Gasteiger partial charge on any atom is -0.299 e. The second-order valence-corrected chi connectivity index (χ2v) is 5.21. The van der Waals surface area contributed by atoms with Crippen molar-refractivity contribution < 1.29 is 4.79 Å². The third-order valence-electron chi connectivity index (χ3n) is 4.03. The number of hydrogen-bond donors (Lipinski definition) is 0. The van der Waals surface area contributed by atoms with Crippen molar-refractivity contribution in [2.24, 2.45) is 5.92 Å². The van der Waals surface area contributed by atoms with E-state index in [0.29, 0.717) is 24.3 Å². The molecule has 0 aliphatic carbocycles. The van der Waals surface area contributed by atoms with Crippen molar-refractivity contribution in [1.82, 2.24) is 4.90 Å². The normalized spacial score (nSPS) is 30.5. The van der Waals surface area contributed by atoms with Gasteiger partial charge in [0.15, 0.2) is 0 Å². The highest BCUT2D eigenvalue weighted by Crippen LogP contribution is 2.26. The van der Waals surface area contributed by atoms with Gasteiger partial charge in [0.2, 0.25) is 0 Å². The average molecular weight is 231 g/mol. The lowest BCUT2D eigenvalue weighted by Crippen LogP contribution is -2.51. The van der Waals surface area contributed by atoms with Crippen LogP contribution >= 0.6 is 0 Å². The van der Waals surface area contributed by atoms with Crippen LogP contribution in [0.1, 0.15) is 32.8 Å². The first-order chi connectivity index (χ1) is 8.09. The first-order valence-electron chi connectivity index (χ1n) is 6.42. The van der Waals surface area contributed by atoms with E-state index in [1.807, 2.05) is 6.07 Å². The molecule has 2 rings (SSSR count). The molecule has 0 N–H and O–H groups in total. The van der Waals surface area contributed by atoms with Crippen LogP contribution < -0.4 is 0 Å². The standard InChI is InChI=1S/C15H21NO/c1-11-9-15(17)12(2)13(3)16(11)10-14-7-5-4-6-8-14/h4-8,11-13H,9-10H2,1-3H3. The zero-order valence-electron chi connectivity index (χ0n) is 10.9. The SMILES string of the molecule is CC1C(=O)CC(C)N(Cc2ccccc2)C1C. The Morgan fingerprint density at radius 1 is 1.18 bits per heavy atom. The van der Waals surface area contributed by atoms with E-state index in [1.165, 1.54) is 5.56 Å². The van der Waals surface area contributed by atoms with Crippen molar-refractivity contribution in [2.45, 2.75) is 45.8 Å². The molecule has 1 fully saturated rings. The number of carbonyl (C=O) groups is 1. The Morgan fingerprint density at radius 2 is 1.82 bits per heavy atom. The van der Waals surface area contributed by atoms with Crippen LogP contribution in [0.25, 0.3) is 0 Å². The first kappa shape index (κ1) is 12.3. The predicted octanol–water partition coefficient (Wildman–Crippen LogP) is 2.87. The zero-order chi connectivity index (χ0) is 12.4. The maximum Gasteiger partial charge on any atom is 0.138 e. The number of nitrogens with zero attached hydrogens (tertiary/aromatic N) is 1. The molecule has 1 aromatic carbocycles. The largest absolute Gasteiger partial charge is 0.299 e. The molecule has 1 heterocycles. The van der Waals surface area contributed by atoms with Crippen molar-refractivity contribution in [1.29, 1.82) is 0 Å². The molecule has 3 unspecified atom stereocenters. The molecule has 0 bridgehead atoms. The molecule has 2 heteroatoms. The van der Waals surface area contributed by atoms with Crippen LogP contribution in [0.4, 0.5) is 0 Å². The van der Waals surface area contributed by atoms with Crippen molar-refractivity contribution in [3.8, 4) is 0 Å². The van der Waals surface area contributed by atoms with Gasteiger partial charge in [-0.05, 0) is 19.4 Å². The summed E-state index contributed by atoms with van der Waals surface area (Å²) in [5, 5.41) is 0. The molecule has 1 aromatic rings. The van der Waals surface area contributed by atoms with Gasteiger partial charge in [-0.3, -0.25) is 9.69 Å². The van der Waals surface area contributed by atoms with Gasteiger partial charge in [0.05, 0.1) is 0 Å². The molecule has 0 saturated carbocycles. The van der Waals surface area contributed by atoms with Crippen LogP contribution in [0, 0.1) is 5.92 Å². The summed E-state index contributed by atoms with van der Waals surface area (Å²) in [6, 6.07) is 11.2. The Labute approximate surface area is 104 Å². The van der Waals surface area contributed by atoms with Crippen LogP contribution in [-0.4, -0.2) is 22.8 Å². The van der Waals surface area contributed by atoms with Crippen molar-refractivity contribution >= 4 is 5.78 Å². The summed E-state index contributed by atoms with van der Waals surface area (Å²) in [6.07, 6.45) is 0.693. The molecule has 17 heavy (non-hydrogen) atoms. The van der Waals surface area contributed by atoms with Crippen LogP contribution in [0.2, 0.25) is 0 Å². The molecule has 1 saturated heterocycles. The fourth-order valence-corrected chi connectivity index (χ4v) is 2.65. The van der Waals surface area contributed by atoms with E-state index >= 15 is 0 Å². The molecule has 0 aromatic heterocycles. The van der Waals surface area contributed by atoms with Crippen LogP contribution in [0.5, 0.6) is 0 Å². The molecule has 1 aliphatic rings. The Hall–Kier alpha value is -1.15. The smallest absolute Gasteiger partial charge is 0.138 e. The van der Waals surface area contributed by atoms with Gasteiger partial charge in [-0.15, -0.1) is 0 Å². The minimum absolute atomic E-state index is 0.162. The summed E-state index contributed by atoms with van der Waals surface area (Å²) in [5.41, 5.74) is 1.33. The van der Waals surface area contributed by atoms with Crippen LogP contribution in [-0.2, 0) is 11.3 Å². The van der Waals surface area contributed by atoms with Crippen LogP contribution in [0.15, 0.2) is 30.3 Å². The van der Waals surface area contributed by atoms with E-state index in [0.717, 1.165) is 6.54 Å². The van der Waals surface area contributed by atoms with Crippen molar-refractivity contribution in [3.05, 3.63) is 35.9 Å². The second-order valence-electron chi connectivity index (χ2n) is 5.21. The summed E-state index contributed by atoms with van der Waals surface area (Å²) in [5.74, 6) is 0.573. The highest BCUT2D eigenvalue weighted by atomic mass is 16.1. The average Bonchev–Trinajstić information content (AvgIpc) is 2.33. The predicted molar refractivity (Wildman–Crippen MR) is 69.7 cm³/mol. The van der Waals surface area contributed by atoms with E-state index < -0.39 is 0 Å². The molecule has 92 valence electrons. The highest BCUT2D eigenvalue weighted by Gasteiger charge is 2.35. The topological polar surface area (TPSA) is 20.3 Å². The van der Waals surface area contributed by atoms with Gasteiger partial charge >= 0.3 is 0 Å². The minimum atomic E-state index is 0.162. The Kier molecular flexibility index (Phi) is 3.63. The third-order valence-corrected chi connectivity index (χ3v) is 4.03. The number of rotatable bonds is 2. The third kappa shape index (κ3) is 2.58. The van der Waals surface area contributed by atoms with Gasteiger partial charge in [0, 0.05) is 31.0 Å². The molecular weight excluding hydrogens is 210 g/mol. The van der Waals surface area contributed by atoms with Gasteiger partial charge < -0.3 is 0 Å². The van der Waals surface area contributed by atoms with Gasteiger partial charge in [-0.25, -0.2) is 0 Å². The maximum absolute atomic E-state index is 11.8. The summed E-state index contributed by atoms with van der Waals surface area (Å²) in [6.45, 7) is 7.32. The van der Waals surface area contributed by atoms with E-state index in [2.05, 4.69) is 49.9 Å². The lowest BCUT2D eigenvalue weighted by molar-refractivity contribution is -0.130. The summed E-state index contributed by atoms with van der Waals surface area (Å²) in [4.78, 5) is 14.2. The summed E-state index contributed by atoms with van der Waals surface area (Å²) < 4.78 is 0. The number of benzene rings is 1. The summed E-state index contributed by atoms with van der Waals surface area (Å²) in [7, 11) is 0. The Morgan fingerprint density at radius 3 is 2.47 bits per heavy atom. The van der Waals surface area contributed by atoms with Crippen molar-refractivity contribution in [3.63, 3.8) is 0 Å². The van der Waals surface area contributed by atoms with Gasteiger partial charge in [0.25, 0.3) is 0 Å². The number of ketones is 1. The second kappa shape index (κ2) is 5.01. The van der Waals surface area contributed by atoms with Crippen LogP contribution in [0.3, 0.4) is 0 Å². The molecule has 1 aliphatic heterocycles. The van der Waals surface area contributed by atoms with E-state index in [1.54, 1.807) is 0 Å². The first-order valence-corrected chi connectivity index (χ1v) is 6.42. The number of Topliss-reactive ketones (excluding diaryl/α,β-unsaturated/α-hetero) is 1. The number of piperidine rings is 1. The lowest BCUT2D eigenvalue weighted by Gasteiger charge is -2.41. The number of hydrogen-bond acceptors (Lipinski definition) is 2. The van der Waals surface area contributed by atoms with E-state index in [-0.39, 0.29) is 5.92 Å². The van der Waals surface area contributed by atoms with Gasteiger partial charge in [-0.2, -0.15) is 0 Å². The number of carbonyl (C=O) groups excluding carboxylic acids is 1. The molecule has 0 radical (unpaired) electrons. The molecule has 0 spiro atoms. The fourth-order valence-electron chi connectivity index (χ4n) is 2.65. The highest BCUT2D eigenvalue weighted by molar-refractivity contribution is 5.82. The van der Waals surface area contributed by atoms with Gasteiger partial charge in [-0.1, -0.05) is 37.3 Å². The molecular formula is C15H21NO. The molecule has 3 atom stereocenters. The molecule has 0 amide bonds. The maximum atomic E-state index is 11.8. The zero-order valence-corrected chi connectivity index (χ0v) is 10.9. The van der Waals surface area contributed by atoms with Gasteiger partial charge in [0.1, 0.15) is 5.78 Å². The Bertz CT molecular complexity index is 387. The van der Waals surface area contributed by atoms with Crippen molar-refractivity contribution in [2.75, 3.05) is 0 Å². The fraction of sp³-hybridized carbons (Fsp3) is 0.533. The summed E-state index contributed by atoms with van der Waals surface area (Å²) >= 11 is 0. The Balaban J connectivity index is 2.12.